The zero-order valence-corrected chi connectivity index (χ0v) is 8.91. The van der Waals surface area contributed by atoms with Crippen molar-refractivity contribution >= 4 is 6.72 Å². The van der Waals surface area contributed by atoms with Crippen LogP contribution in [-0.2, 0) is 0 Å². The van der Waals surface area contributed by atoms with E-state index in [0.29, 0.717) is 0 Å². The van der Waals surface area contributed by atoms with Crippen LogP contribution in [0.5, 0.6) is 0 Å². The summed E-state index contributed by atoms with van der Waals surface area (Å²) in [5, 5.41) is 5.50. The van der Waals surface area contributed by atoms with Gasteiger partial charge in [-0.05, 0) is 6.72 Å². The largest absolute Gasteiger partial charge is 0.317 e. The molecule has 14 heavy (non-hydrogen) atoms. The van der Waals surface area contributed by atoms with E-state index in [0.717, 1.165) is 0 Å². The summed E-state index contributed by atoms with van der Waals surface area (Å²) < 4.78 is 0. The summed E-state index contributed by atoms with van der Waals surface area (Å²) in [7, 11) is 0. The van der Waals surface area contributed by atoms with Crippen LogP contribution >= 0.6 is 0 Å². The summed E-state index contributed by atoms with van der Waals surface area (Å²) in [5.41, 5.74) is 0. The lowest BCUT2D eigenvalue weighted by atomic mass is 10.0. The van der Waals surface area contributed by atoms with E-state index in [2.05, 4.69) is 6.72 Å². The van der Waals surface area contributed by atoms with Gasteiger partial charge in [0, 0.05) is 0 Å². The molecule has 0 saturated heterocycles. The molecule has 1 fully saturated rings. The van der Waals surface area contributed by atoms with Crippen molar-refractivity contribution in [2.45, 2.75) is 38.5 Å². The van der Waals surface area contributed by atoms with Crippen LogP contribution in [0.15, 0.2) is 36.4 Å². The first-order valence-electron chi connectivity index (χ1n) is 5.35. The van der Waals surface area contributed by atoms with E-state index in [1.165, 1.54) is 38.5 Å². The van der Waals surface area contributed by atoms with Crippen molar-refractivity contribution in [1.82, 2.24) is 0 Å². The van der Waals surface area contributed by atoms with Crippen LogP contribution in [0.3, 0.4) is 0 Å². The number of hydrogen-bond acceptors (Lipinski definition) is 1. The highest BCUT2D eigenvalue weighted by Crippen LogP contribution is 2.15. The van der Waals surface area contributed by atoms with E-state index in [1.807, 2.05) is 36.4 Å². The molecule has 2 rings (SSSR count). The van der Waals surface area contributed by atoms with Crippen molar-refractivity contribution in [3.05, 3.63) is 36.4 Å². The third-order valence-corrected chi connectivity index (χ3v) is 2.17. The molecule has 0 heterocycles. The standard InChI is InChI=1S/C6H12.C6H6.CH3N/c2*1-2-4-6-5-3-1;1-2/h1-6H2;1-6H;2H,1H2. The van der Waals surface area contributed by atoms with Gasteiger partial charge in [0.2, 0.25) is 0 Å². The van der Waals surface area contributed by atoms with Crippen LogP contribution in [0.4, 0.5) is 0 Å². The fourth-order valence-electron chi connectivity index (χ4n) is 1.45. The Kier molecular flexibility index (Phi) is 10.9. The van der Waals surface area contributed by atoms with Gasteiger partial charge in [-0.15, -0.1) is 0 Å². The van der Waals surface area contributed by atoms with Crippen molar-refractivity contribution in [1.29, 1.82) is 5.41 Å². The smallest absolute Gasteiger partial charge is 0.0187 e. The van der Waals surface area contributed by atoms with Crippen molar-refractivity contribution in [2.24, 2.45) is 0 Å². The summed E-state index contributed by atoms with van der Waals surface area (Å²) in [6.45, 7) is 2.50. The topological polar surface area (TPSA) is 23.9 Å². The van der Waals surface area contributed by atoms with E-state index in [1.54, 1.807) is 0 Å². The lowest BCUT2D eigenvalue weighted by molar-refractivity contribution is 0.504. The van der Waals surface area contributed by atoms with Gasteiger partial charge in [-0.3, -0.25) is 0 Å². The normalized spacial score (nSPS) is 14.0. The minimum atomic E-state index is 1.50. The van der Waals surface area contributed by atoms with Gasteiger partial charge in [0.05, 0.1) is 0 Å². The molecule has 1 aromatic rings. The molecule has 1 saturated carbocycles. The molecule has 0 unspecified atom stereocenters. The number of nitrogens with one attached hydrogen (secondary N) is 1. The average molecular weight is 191 g/mol. The van der Waals surface area contributed by atoms with Gasteiger partial charge in [0.1, 0.15) is 0 Å². The molecule has 1 heteroatoms. The monoisotopic (exact) mass is 191 g/mol. The van der Waals surface area contributed by atoms with Gasteiger partial charge in [-0.25, -0.2) is 0 Å². The number of benzene rings is 1. The average Bonchev–Trinajstić information content (AvgIpc) is 2.37. The minimum absolute atomic E-state index is 1.50. The molecule has 0 spiro atoms. The molecule has 78 valence electrons. The van der Waals surface area contributed by atoms with Crippen LogP contribution in [-0.4, -0.2) is 6.72 Å². The Morgan fingerprint density at radius 1 is 0.500 bits per heavy atom. The summed E-state index contributed by atoms with van der Waals surface area (Å²) in [5.74, 6) is 0. The van der Waals surface area contributed by atoms with E-state index in [4.69, 9.17) is 5.41 Å². The molecule has 1 aliphatic carbocycles. The second kappa shape index (κ2) is 11.9. The highest BCUT2D eigenvalue weighted by Gasteiger charge is 1.95. The predicted molar refractivity (Wildman–Crippen MR) is 64.0 cm³/mol. The molecular weight excluding hydrogens is 170 g/mol. The lowest BCUT2D eigenvalue weighted by Crippen LogP contribution is -1.85. The Morgan fingerprint density at radius 3 is 0.786 bits per heavy atom. The van der Waals surface area contributed by atoms with Crippen molar-refractivity contribution in [2.75, 3.05) is 0 Å². The maximum absolute atomic E-state index is 5.50. The zero-order chi connectivity index (χ0) is 10.5. The second-order valence-corrected chi connectivity index (χ2v) is 3.28. The van der Waals surface area contributed by atoms with Gasteiger partial charge < -0.3 is 5.41 Å². The van der Waals surface area contributed by atoms with Crippen molar-refractivity contribution in [3.63, 3.8) is 0 Å². The molecule has 1 N–H and O–H groups in total. The Balaban J connectivity index is 0.000000206. The van der Waals surface area contributed by atoms with E-state index in [-0.39, 0.29) is 0 Å². The Labute approximate surface area is 87.7 Å². The fourth-order valence-corrected chi connectivity index (χ4v) is 1.45. The van der Waals surface area contributed by atoms with Gasteiger partial charge in [-0.2, -0.15) is 0 Å². The first kappa shape index (κ1) is 12.9. The third-order valence-electron chi connectivity index (χ3n) is 2.17. The summed E-state index contributed by atoms with van der Waals surface area (Å²) in [6.07, 6.45) is 9.00. The van der Waals surface area contributed by atoms with Crippen molar-refractivity contribution < 1.29 is 0 Å². The second-order valence-electron chi connectivity index (χ2n) is 3.28. The fraction of sp³-hybridized carbons (Fsp3) is 0.462. The lowest BCUT2D eigenvalue weighted by Gasteiger charge is -2.05. The van der Waals surface area contributed by atoms with Gasteiger partial charge in [-0.1, -0.05) is 74.9 Å². The molecule has 1 aliphatic rings. The van der Waals surface area contributed by atoms with Crippen LogP contribution in [0, 0.1) is 5.41 Å². The molecule has 0 aliphatic heterocycles. The Bertz CT molecular complexity index is 141. The predicted octanol–water partition coefficient (Wildman–Crippen LogP) is 4.29. The quantitative estimate of drug-likeness (QED) is 0.591. The van der Waals surface area contributed by atoms with E-state index >= 15 is 0 Å². The third kappa shape index (κ3) is 8.98. The molecule has 1 aromatic carbocycles. The number of rotatable bonds is 0. The van der Waals surface area contributed by atoms with Crippen molar-refractivity contribution in [3.8, 4) is 0 Å². The van der Waals surface area contributed by atoms with Crippen LogP contribution in [0.1, 0.15) is 38.5 Å². The molecule has 0 amide bonds. The van der Waals surface area contributed by atoms with Gasteiger partial charge in [0.15, 0.2) is 0 Å². The summed E-state index contributed by atoms with van der Waals surface area (Å²) in [4.78, 5) is 0. The maximum atomic E-state index is 5.50. The first-order valence-corrected chi connectivity index (χ1v) is 5.35. The molecule has 1 nitrogen and oxygen atoms in total. The number of hydrogen-bond donors (Lipinski definition) is 1. The van der Waals surface area contributed by atoms with E-state index < -0.39 is 0 Å². The summed E-state index contributed by atoms with van der Waals surface area (Å²) in [6, 6.07) is 12.0. The van der Waals surface area contributed by atoms with Crippen LogP contribution in [0.2, 0.25) is 0 Å². The Morgan fingerprint density at radius 2 is 0.643 bits per heavy atom. The SMILES string of the molecule is C1CCCCC1.C=N.c1ccccc1. The van der Waals surface area contributed by atoms with Gasteiger partial charge in [0.25, 0.3) is 0 Å². The molecule has 0 aromatic heterocycles. The highest BCUT2D eigenvalue weighted by molar-refractivity contribution is 5.15. The van der Waals surface area contributed by atoms with Crippen LogP contribution in [0.25, 0.3) is 0 Å². The zero-order valence-electron chi connectivity index (χ0n) is 8.91. The van der Waals surface area contributed by atoms with Gasteiger partial charge >= 0.3 is 0 Å². The van der Waals surface area contributed by atoms with E-state index in [9.17, 15) is 0 Å². The maximum Gasteiger partial charge on any atom is -0.0187 e. The molecule has 0 radical (unpaired) electrons. The first-order chi connectivity index (χ1) is 7.00. The minimum Gasteiger partial charge on any atom is -0.317 e. The highest BCUT2D eigenvalue weighted by atomic mass is 14.2. The molecular formula is C13H21N. The van der Waals surface area contributed by atoms with Crippen LogP contribution < -0.4 is 0 Å². The summed E-state index contributed by atoms with van der Waals surface area (Å²) >= 11 is 0. The molecule has 0 atom stereocenters. The Hall–Kier alpha value is -1.11. The molecule has 0 bridgehead atoms.